The molecule has 2 aromatic carbocycles. The van der Waals surface area contributed by atoms with E-state index in [1.807, 2.05) is 31.2 Å². The van der Waals surface area contributed by atoms with Crippen molar-refractivity contribution in [2.24, 2.45) is 5.92 Å². The number of aryl methyl sites for hydroxylation is 1. The molecule has 6 heteroatoms. The lowest BCUT2D eigenvalue weighted by Gasteiger charge is -2.28. The van der Waals surface area contributed by atoms with Gasteiger partial charge in [-0.2, -0.15) is 5.10 Å². The highest BCUT2D eigenvalue weighted by Gasteiger charge is 2.43. The Morgan fingerprint density at radius 3 is 2.55 bits per heavy atom. The number of nitrogens with zero attached hydrogens (tertiary/aromatic N) is 2. The van der Waals surface area contributed by atoms with Crippen LogP contribution in [0.2, 0.25) is 0 Å². The number of carbonyl (C=O) groups excluding carboxylic acids is 1. The molecule has 1 aromatic heterocycles. The number of halogens is 1. The Bertz CT molecular complexity index is 1060. The number of amides is 1. The molecule has 3 aromatic rings. The third kappa shape index (κ3) is 3.28. The Hall–Kier alpha value is -3.15. The van der Waals surface area contributed by atoms with E-state index in [-0.39, 0.29) is 17.8 Å². The molecule has 150 valence electrons. The molecule has 0 saturated heterocycles. The van der Waals surface area contributed by atoms with E-state index in [9.17, 15) is 9.18 Å². The fourth-order valence-corrected chi connectivity index (χ4v) is 4.02. The second-order valence-electron chi connectivity index (χ2n) is 7.84. The summed E-state index contributed by atoms with van der Waals surface area (Å²) in [5, 5.41) is 7.42. The van der Waals surface area contributed by atoms with Crippen LogP contribution in [0.15, 0.2) is 42.5 Å². The molecular weight excluding hydrogens is 369 g/mol. The van der Waals surface area contributed by atoms with Crippen LogP contribution in [0.1, 0.15) is 52.8 Å². The van der Waals surface area contributed by atoms with Crippen LogP contribution in [0.3, 0.4) is 0 Å². The number of methoxy groups -OCH3 is 1. The molecule has 1 aliphatic rings. The maximum atomic E-state index is 13.8. The zero-order valence-corrected chi connectivity index (χ0v) is 17.0. The van der Waals surface area contributed by atoms with Crippen LogP contribution in [0, 0.1) is 18.7 Å². The maximum Gasteiger partial charge on any atom is 0.280 e. The summed E-state index contributed by atoms with van der Waals surface area (Å²) in [6.45, 7) is 6.13. The number of aromatic amines is 1. The smallest absolute Gasteiger partial charge is 0.280 e. The first-order chi connectivity index (χ1) is 13.9. The van der Waals surface area contributed by atoms with Gasteiger partial charge >= 0.3 is 0 Å². The molecule has 29 heavy (non-hydrogen) atoms. The van der Waals surface area contributed by atoms with Gasteiger partial charge < -0.3 is 4.74 Å². The zero-order valence-electron chi connectivity index (χ0n) is 17.0. The predicted molar refractivity (Wildman–Crippen MR) is 110 cm³/mol. The van der Waals surface area contributed by atoms with Crippen molar-refractivity contribution in [3.8, 4) is 5.75 Å². The molecule has 0 aliphatic carbocycles. The van der Waals surface area contributed by atoms with E-state index in [4.69, 9.17) is 4.74 Å². The van der Waals surface area contributed by atoms with Gasteiger partial charge in [0.2, 0.25) is 0 Å². The number of rotatable bonds is 5. The molecule has 1 atom stereocenters. The molecule has 1 amide bonds. The first-order valence-electron chi connectivity index (χ1n) is 9.71. The number of carbonyl (C=O) groups is 1. The molecule has 4 rings (SSSR count). The molecule has 0 saturated carbocycles. The highest BCUT2D eigenvalue weighted by Crippen LogP contribution is 2.44. The number of ether oxygens (including phenoxy) is 1. The molecule has 0 bridgehead atoms. The van der Waals surface area contributed by atoms with Crippen LogP contribution in [0.5, 0.6) is 5.75 Å². The highest BCUT2D eigenvalue weighted by molar-refractivity contribution is 6.10. The first kappa shape index (κ1) is 19.2. The van der Waals surface area contributed by atoms with E-state index in [1.165, 1.54) is 12.1 Å². The number of nitrogens with one attached hydrogen (secondary N) is 1. The Labute approximate surface area is 169 Å². The van der Waals surface area contributed by atoms with Gasteiger partial charge in [-0.15, -0.1) is 0 Å². The van der Waals surface area contributed by atoms with Crippen molar-refractivity contribution in [1.29, 1.82) is 0 Å². The molecule has 5 nitrogen and oxygen atoms in total. The lowest BCUT2D eigenvalue weighted by molar-refractivity contribution is 0.0988. The Morgan fingerprint density at radius 2 is 1.93 bits per heavy atom. The molecule has 0 spiro atoms. The van der Waals surface area contributed by atoms with E-state index in [0.717, 1.165) is 34.5 Å². The summed E-state index contributed by atoms with van der Waals surface area (Å²) in [7, 11) is 1.61. The molecule has 1 aliphatic heterocycles. The van der Waals surface area contributed by atoms with Crippen LogP contribution < -0.4 is 9.64 Å². The van der Waals surface area contributed by atoms with Crippen LogP contribution in [-0.4, -0.2) is 23.2 Å². The van der Waals surface area contributed by atoms with Crippen molar-refractivity contribution in [3.63, 3.8) is 0 Å². The number of hydrogen-bond acceptors (Lipinski definition) is 3. The summed E-state index contributed by atoms with van der Waals surface area (Å²) >= 11 is 0. The van der Waals surface area contributed by atoms with Gasteiger partial charge in [-0.05, 0) is 66.8 Å². The minimum absolute atomic E-state index is 0.162. The maximum absolute atomic E-state index is 13.8. The highest BCUT2D eigenvalue weighted by atomic mass is 19.1. The number of benzene rings is 2. The third-order valence-corrected chi connectivity index (χ3v) is 5.33. The van der Waals surface area contributed by atoms with Crippen LogP contribution in [-0.2, 0) is 6.42 Å². The number of hydrogen-bond donors (Lipinski definition) is 1. The largest absolute Gasteiger partial charge is 0.497 e. The second kappa shape index (κ2) is 7.35. The SMILES string of the molecule is COc1ccc(N2C(=O)c3n[nH]c(CC(C)C)c3[C@H]2c2ccc(F)cc2C)cc1. The topological polar surface area (TPSA) is 58.2 Å². The van der Waals surface area contributed by atoms with Gasteiger partial charge in [0.1, 0.15) is 11.6 Å². The monoisotopic (exact) mass is 393 g/mol. The minimum atomic E-state index is -0.362. The lowest BCUT2D eigenvalue weighted by atomic mass is 9.92. The molecule has 0 unspecified atom stereocenters. The van der Waals surface area contributed by atoms with Crippen molar-refractivity contribution < 1.29 is 13.9 Å². The van der Waals surface area contributed by atoms with E-state index >= 15 is 0 Å². The first-order valence-corrected chi connectivity index (χ1v) is 9.71. The zero-order chi connectivity index (χ0) is 20.7. The second-order valence-corrected chi connectivity index (χ2v) is 7.84. The summed E-state index contributed by atoms with van der Waals surface area (Å²) < 4.78 is 19.0. The van der Waals surface area contributed by atoms with Crippen molar-refractivity contribution in [3.05, 3.63) is 76.4 Å². The van der Waals surface area contributed by atoms with E-state index in [0.29, 0.717) is 17.4 Å². The molecule has 0 radical (unpaired) electrons. The van der Waals surface area contributed by atoms with Crippen LogP contribution >= 0.6 is 0 Å². The van der Waals surface area contributed by atoms with E-state index < -0.39 is 0 Å². The fourth-order valence-electron chi connectivity index (χ4n) is 4.02. The summed E-state index contributed by atoms with van der Waals surface area (Å²) in [5.74, 6) is 0.667. The van der Waals surface area contributed by atoms with Gasteiger partial charge in [0.25, 0.3) is 5.91 Å². The van der Waals surface area contributed by atoms with Crippen molar-refractivity contribution >= 4 is 11.6 Å². The number of fused-ring (bicyclic) bond motifs is 1. The molecule has 0 fully saturated rings. The van der Waals surface area contributed by atoms with Gasteiger partial charge in [-0.3, -0.25) is 14.8 Å². The summed E-state index contributed by atoms with van der Waals surface area (Å²) in [6, 6.07) is 11.7. The molecule has 2 heterocycles. The molecular formula is C23H24FN3O2. The molecule has 1 N–H and O–H groups in total. The third-order valence-electron chi connectivity index (χ3n) is 5.33. The summed E-state index contributed by atoms with van der Waals surface area (Å²) in [6.07, 6.45) is 0.781. The van der Waals surface area contributed by atoms with Gasteiger partial charge in [0.15, 0.2) is 5.69 Å². The quantitative estimate of drug-likeness (QED) is 0.676. The lowest BCUT2D eigenvalue weighted by Crippen LogP contribution is -2.30. The average molecular weight is 393 g/mol. The van der Waals surface area contributed by atoms with Crippen molar-refractivity contribution in [2.75, 3.05) is 12.0 Å². The van der Waals surface area contributed by atoms with Crippen molar-refractivity contribution in [1.82, 2.24) is 10.2 Å². The summed E-state index contributed by atoms with van der Waals surface area (Å²) in [5.41, 5.74) is 4.71. The Morgan fingerprint density at radius 1 is 1.21 bits per heavy atom. The van der Waals surface area contributed by atoms with Gasteiger partial charge in [-0.25, -0.2) is 4.39 Å². The van der Waals surface area contributed by atoms with Crippen LogP contribution in [0.25, 0.3) is 0 Å². The number of anilines is 1. The van der Waals surface area contributed by atoms with Gasteiger partial charge in [0.05, 0.1) is 13.2 Å². The standard InChI is InChI=1S/C23H24FN3O2/c1-13(2)11-19-20-21(26-25-19)23(28)27(16-6-8-17(29-4)9-7-16)22(20)18-10-5-15(24)12-14(18)3/h5-10,12-13,22H,11H2,1-4H3,(H,25,26)/t22-/m1/s1. The van der Waals surface area contributed by atoms with Crippen LogP contribution in [0.4, 0.5) is 10.1 Å². The number of H-pyrrole nitrogens is 1. The minimum Gasteiger partial charge on any atom is -0.497 e. The van der Waals surface area contributed by atoms with E-state index in [1.54, 1.807) is 18.1 Å². The van der Waals surface area contributed by atoms with Crippen molar-refractivity contribution in [2.45, 2.75) is 33.2 Å². The normalized spacial score (nSPS) is 15.9. The number of aromatic nitrogens is 2. The predicted octanol–water partition coefficient (Wildman–Crippen LogP) is 4.81. The van der Waals surface area contributed by atoms with E-state index in [2.05, 4.69) is 24.0 Å². The Kier molecular flexibility index (Phi) is 4.86. The Balaban J connectivity index is 1.89. The fraction of sp³-hybridized carbons (Fsp3) is 0.304. The average Bonchev–Trinajstić information content (AvgIpc) is 3.21. The summed E-state index contributed by atoms with van der Waals surface area (Å²) in [4.78, 5) is 15.1. The van der Waals surface area contributed by atoms with Gasteiger partial charge in [-0.1, -0.05) is 19.9 Å². The van der Waals surface area contributed by atoms with Gasteiger partial charge in [0, 0.05) is 16.9 Å².